The number of carboxylic acid groups (broad SMARTS) is 2. The number of hydrogen-bond donors (Lipinski definition) is 2. The molecule has 0 heterocycles. The van der Waals surface area contributed by atoms with Crippen LogP contribution in [0.15, 0.2) is 36.4 Å². The van der Waals surface area contributed by atoms with Crippen molar-refractivity contribution >= 4 is 23.5 Å². The smallest absolute Gasteiger partial charge is 0.335 e. The van der Waals surface area contributed by atoms with Crippen molar-refractivity contribution < 1.29 is 29.3 Å². The number of carbonyl (C=O) groups is 2. The van der Waals surface area contributed by atoms with E-state index in [2.05, 4.69) is 0 Å². The van der Waals surface area contributed by atoms with Crippen LogP contribution >= 0.6 is 11.6 Å². The third-order valence-electron chi connectivity index (χ3n) is 3.06. The molecule has 23 heavy (non-hydrogen) atoms. The van der Waals surface area contributed by atoms with E-state index in [0.29, 0.717) is 0 Å². The van der Waals surface area contributed by atoms with E-state index in [-0.39, 0.29) is 34.3 Å². The van der Waals surface area contributed by atoms with Crippen LogP contribution in [0, 0.1) is 0 Å². The van der Waals surface area contributed by atoms with Gasteiger partial charge in [-0.25, -0.2) is 9.59 Å². The molecule has 0 atom stereocenters. The minimum atomic E-state index is -1.12. The zero-order valence-corrected chi connectivity index (χ0v) is 12.8. The average Bonchev–Trinajstić information content (AvgIpc) is 2.53. The first kappa shape index (κ1) is 16.6. The molecule has 2 rings (SSSR count). The maximum absolute atomic E-state index is 11.0. The second-order valence-corrected chi connectivity index (χ2v) is 4.99. The Bertz CT molecular complexity index is 739. The van der Waals surface area contributed by atoms with Gasteiger partial charge in [0.25, 0.3) is 0 Å². The molecule has 0 unspecified atom stereocenters. The monoisotopic (exact) mass is 336 g/mol. The number of rotatable bonds is 6. The summed E-state index contributed by atoms with van der Waals surface area (Å²) in [5.74, 6) is -1.70. The van der Waals surface area contributed by atoms with Crippen molar-refractivity contribution in [3.8, 4) is 11.5 Å². The number of hydrogen-bond acceptors (Lipinski definition) is 4. The molecule has 120 valence electrons. The van der Waals surface area contributed by atoms with E-state index in [1.54, 1.807) is 12.1 Å². The Morgan fingerprint density at radius 1 is 1.04 bits per heavy atom. The lowest BCUT2D eigenvalue weighted by molar-refractivity contribution is 0.0685. The van der Waals surface area contributed by atoms with Gasteiger partial charge in [0, 0.05) is 0 Å². The lowest BCUT2D eigenvalue weighted by atomic mass is 10.1. The van der Waals surface area contributed by atoms with E-state index in [9.17, 15) is 9.59 Å². The summed E-state index contributed by atoms with van der Waals surface area (Å²) >= 11 is 6.04. The van der Waals surface area contributed by atoms with Gasteiger partial charge in [-0.05, 0) is 29.8 Å². The highest BCUT2D eigenvalue weighted by atomic mass is 35.5. The summed E-state index contributed by atoms with van der Waals surface area (Å²) in [5, 5.41) is 18.0. The van der Waals surface area contributed by atoms with Crippen LogP contribution in [-0.4, -0.2) is 29.3 Å². The molecule has 2 aromatic carbocycles. The summed E-state index contributed by atoms with van der Waals surface area (Å²) in [5.41, 5.74) is 0.899. The van der Waals surface area contributed by atoms with Crippen molar-refractivity contribution in [1.82, 2.24) is 0 Å². The fourth-order valence-corrected chi connectivity index (χ4v) is 2.15. The molecule has 0 saturated carbocycles. The molecule has 0 bridgehead atoms. The van der Waals surface area contributed by atoms with Gasteiger partial charge in [0.05, 0.1) is 23.3 Å². The highest BCUT2D eigenvalue weighted by Crippen LogP contribution is 2.37. The maximum atomic E-state index is 11.0. The number of halogens is 1. The van der Waals surface area contributed by atoms with E-state index in [1.165, 1.54) is 31.4 Å². The van der Waals surface area contributed by atoms with Crippen LogP contribution in [0.4, 0.5) is 0 Å². The van der Waals surface area contributed by atoms with Crippen LogP contribution in [0.5, 0.6) is 11.5 Å². The number of carboxylic acids is 2. The summed E-state index contributed by atoms with van der Waals surface area (Å²) in [6.45, 7) is 0.127. The second-order valence-electron chi connectivity index (χ2n) is 4.59. The number of aromatic carboxylic acids is 2. The van der Waals surface area contributed by atoms with Crippen LogP contribution in [-0.2, 0) is 6.61 Å². The van der Waals surface area contributed by atoms with E-state index >= 15 is 0 Å². The molecule has 0 aromatic heterocycles. The zero-order valence-electron chi connectivity index (χ0n) is 12.1. The van der Waals surface area contributed by atoms with Crippen molar-refractivity contribution in [3.63, 3.8) is 0 Å². The first-order valence-electron chi connectivity index (χ1n) is 6.48. The Morgan fingerprint density at radius 3 is 2.17 bits per heavy atom. The van der Waals surface area contributed by atoms with Gasteiger partial charge in [0.15, 0.2) is 11.5 Å². The summed E-state index contributed by atoms with van der Waals surface area (Å²) in [4.78, 5) is 21.8. The molecular weight excluding hydrogens is 324 g/mol. The third kappa shape index (κ3) is 3.92. The summed E-state index contributed by atoms with van der Waals surface area (Å²) < 4.78 is 10.7. The molecule has 0 amide bonds. The van der Waals surface area contributed by atoms with Gasteiger partial charge in [0.2, 0.25) is 0 Å². The predicted molar refractivity (Wildman–Crippen MR) is 82.7 cm³/mol. The Labute approximate surface area is 136 Å². The van der Waals surface area contributed by atoms with Crippen molar-refractivity contribution in [1.29, 1.82) is 0 Å². The van der Waals surface area contributed by atoms with E-state index in [1.807, 2.05) is 0 Å². The molecule has 0 fully saturated rings. The van der Waals surface area contributed by atoms with E-state index in [0.717, 1.165) is 5.56 Å². The van der Waals surface area contributed by atoms with Crippen LogP contribution in [0.25, 0.3) is 0 Å². The van der Waals surface area contributed by atoms with Crippen LogP contribution in [0.2, 0.25) is 5.02 Å². The SMILES string of the molecule is COc1cc(C(=O)O)cc(Cl)c1OCc1ccc(C(=O)O)cc1. The van der Waals surface area contributed by atoms with Gasteiger partial charge < -0.3 is 19.7 Å². The molecule has 6 nitrogen and oxygen atoms in total. The normalized spacial score (nSPS) is 10.2. The first-order valence-corrected chi connectivity index (χ1v) is 6.86. The third-order valence-corrected chi connectivity index (χ3v) is 3.34. The standard InChI is InChI=1S/C16H13ClO6/c1-22-13-7-11(16(20)21)6-12(17)14(13)23-8-9-2-4-10(5-3-9)15(18)19/h2-7H,8H2,1H3,(H,18,19)(H,20,21). The Balaban J connectivity index is 2.19. The van der Waals surface area contributed by atoms with Crippen molar-refractivity contribution in [2.45, 2.75) is 6.61 Å². The number of methoxy groups -OCH3 is 1. The fourth-order valence-electron chi connectivity index (χ4n) is 1.88. The highest BCUT2D eigenvalue weighted by molar-refractivity contribution is 6.32. The van der Waals surface area contributed by atoms with Gasteiger partial charge in [-0.3, -0.25) is 0 Å². The van der Waals surface area contributed by atoms with E-state index < -0.39 is 11.9 Å². The zero-order chi connectivity index (χ0) is 17.0. The maximum Gasteiger partial charge on any atom is 0.335 e. The van der Waals surface area contributed by atoms with Gasteiger partial charge in [-0.1, -0.05) is 23.7 Å². The number of ether oxygens (including phenoxy) is 2. The van der Waals surface area contributed by atoms with Crippen LogP contribution < -0.4 is 9.47 Å². The van der Waals surface area contributed by atoms with Crippen LogP contribution in [0.1, 0.15) is 26.3 Å². The quantitative estimate of drug-likeness (QED) is 0.840. The molecule has 0 aliphatic heterocycles. The lowest BCUT2D eigenvalue weighted by Crippen LogP contribution is -2.02. The molecule has 0 saturated heterocycles. The Hall–Kier alpha value is -2.73. The summed E-state index contributed by atoms with van der Waals surface area (Å²) in [6, 6.07) is 8.76. The Morgan fingerprint density at radius 2 is 1.65 bits per heavy atom. The minimum absolute atomic E-state index is 0.00925. The number of benzene rings is 2. The molecular formula is C16H13ClO6. The van der Waals surface area contributed by atoms with Crippen molar-refractivity contribution in [3.05, 3.63) is 58.1 Å². The Kier molecular flexibility index (Phi) is 5.08. The van der Waals surface area contributed by atoms with Gasteiger partial charge >= 0.3 is 11.9 Å². The molecule has 0 radical (unpaired) electrons. The molecule has 0 spiro atoms. The predicted octanol–water partition coefficient (Wildman–Crippen LogP) is 3.32. The average molecular weight is 337 g/mol. The first-order chi connectivity index (χ1) is 10.9. The summed E-state index contributed by atoms with van der Waals surface area (Å²) in [6.07, 6.45) is 0. The largest absolute Gasteiger partial charge is 0.493 e. The lowest BCUT2D eigenvalue weighted by Gasteiger charge is -2.13. The van der Waals surface area contributed by atoms with Crippen LogP contribution in [0.3, 0.4) is 0 Å². The second kappa shape index (κ2) is 7.02. The minimum Gasteiger partial charge on any atom is -0.493 e. The highest BCUT2D eigenvalue weighted by Gasteiger charge is 2.15. The van der Waals surface area contributed by atoms with Gasteiger partial charge in [-0.15, -0.1) is 0 Å². The van der Waals surface area contributed by atoms with Gasteiger partial charge in [-0.2, -0.15) is 0 Å². The molecule has 7 heteroatoms. The molecule has 2 aromatic rings. The molecule has 2 N–H and O–H groups in total. The molecule has 0 aliphatic rings. The topological polar surface area (TPSA) is 93.1 Å². The molecule has 0 aliphatic carbocycles. The van der Waals surface area contributed by atoms with Crippen molar-refractivity contribution in [2.75, 3.05) is 7.11 Å². The van der Waals surface area contributed by atoms with Crippen molar-refractivity contribution in [2.24, 2.45) is 0 Å². The van der Waals surface area contributed by atoms with E-state index in [4.69, 9.17) is 31.3 Å². The summed E-state index contributed by atoms with van der Waals surface area (Å²) in [7, 11) is 1.38. The fraction of sp³-hybridized carbons (Fsp3) is 0.125. The van der Waals surface area contributed by atoms with Gasteiger partial charge in [0.1, 0.15) is 6.61 Å².